The van der Waals surface area contributed by atoms with Crippen molar-refractivity contribution in [1.29, 1.82) is 0 Å². The van der Waals surface area contributed by atoms with E-state index in [0.717, 1.165) is 11.3 Å². The first-order valence-electron chi connectivity index (χ1n) is 6.11. The molecule has 0 saturated heterocycles. The molecule has 0 fully saturated rings. The summed E-state index contributed by atoms with van der Waals surface area (Å²) < 4.78 is 5.31. The maximum atomic E-state index is 5.31. The molecular weight excluding hydrogens is 220 g/mol. The molecule has 0 amide bonds. The van der Waals surface area contributed by atoms with Crippen molar-refractivity contribution in [3.8, 4) is 5.75 Å². The van der Waals surface area contributed by atoms with E-state index >= 15 is 0 Å². The second-order valence-corrected chi connectivity index (χ2v) is 5.01. The Morgan fingerprint density at radius 3 is 2.28 bits per heavy atom. The Balaban J connectivity index is 2.53. The highest BCUT2D eigenvalue weighted by Crippen LogP contribution is 2.35. The van der Waals surface area contributed by atoms with E-state index in [2.05, 4.69) is 51.1 Å². The van der Waals surface area contributed by atoms with Gasteiger partial charge in [0, 0.05) is 5.41 Å². The van der Waals surface area contributed by atoms with E-state index in [1.807, 2.05) is 18.2 Å². The summed E-state index contributed by atoms with van der Waals surface area (Å²) in [7, 11) is 1.69. The third-order valence-corrected chi connectivity index (χ3v) is 3.49. The lowest BCUT2D eigenvalue weighted by Crippen LogP contribution is -2.20. The molecule has 0 unspecified atom stereocenters. The average molecular weight is 239 g/mol. The maximum absolute atomic E-state index is 5.31. The Labute approximate surface area is 109 Å². The van der Waals surface area contributed by atoms with Crippen molar-refractivity contribution in [2.45, 2.75) is 19.3 Å². The largest absolute Gasteiger partial charge is 0.497 e. The Hall–Kier alpha value is -1.76. The van der Waals surface area contributed by atoms with Gasteiger partial charge in [0.25, 0.3) is 0 Å². The third-order valence-electron chi connectivity index (χ3n) is 3.49. The lowest BCUT2D eigenvalue weighted by molar-refractivity contribution is 0.413. The predicted octanol–water partition coefficient (Wildman–Crippen LogP) is 4.20. The molecular formula is C17H19O. The molecule has 0 aliphatic heterocycles. The first-order valence-corrected chi connectivity index (χ1v) is 6.11. The van der Waals surface area contributed by atoms with E-state index in [1.165, 1.54) is 11.1 Å². The third kappa shape index (κ3) is 2.26. The lowest BCUT2D eigenvalue weighted by Gasteiger charge is -2.28. The molecule has 1 nitrogen and oxygen atoms in total. The normalized spacial score (nSPS) is 11.3. The molecule has 0 aliphatic carbocycles. The van der Waals surface area contributed by atoms with Crippen LogP contribution in [-0.2, 0) is 5.41 Å². The van der Waals surface area contributed by atoms with E-state index in [1.54, 1.807) is 7.11 Å². The molecule has 1 heteroatoms. The molecule has 1 radical (unpaired) electrons. The fourth-order valence-electron chi connectivity index (χ4n) is 2.27. The van der Waals surface area contributed by atoms with Crippen LogP contribution in [0.25, 0.3) is 0 Å². The van der Waals surface area contributed by atoms with E-state index in [9.17, 15) is 0 Å². The quantitative estimate of drug-likeness (QED) is 0.780. The van der Waals surface area contributed by atoms with E-state index in [4.69, 9.17) is 4.74 Å². The molecule has 18 heavy (non-hydrogen) atoms. The fraction of sp³-hybridized carbons (Fsp3) is 0.235. The Bertz CT molecular complexity index is 527. The van der Waals surface area contributed by atoms with Gasteiger partial charge in [-0.15, -0.1) is 0 Å². The van der Waals surface area contributed by atoms with Gasteiger partial charge in [-0.1, -0.05) is 50.2 Å². The summed E-state index contributed by atoms with van der Waals surface area (Å²) in [5.74, 6) is 0.876. The van der Waals surface area contributed by atoms with Crippen LogP contribution in [0.15, 0.2) is 48.5 Å². The minimum Gasteiger partial charge on any atom is -0.497 e. The number of hydrogen-bond donors (Lipinski definition) is 0. The van der Waals surface area contributed by atoms with Gasteiger partial charge in [-0.25, -0.2) is 0 Å². The van der Waals surface area contributed by atoms with Gasteiger partial charge in [0.05, 0.1) is 7.11 Å². The molecule has 2 rings (SSSR count). The minimum atomic E-state index is -0.0765. The van der Waals surface area contributed by atoms with E-state index < -0.39 is 0 Å². The summed E-state index contributed by atoms with van der Waals surface area (Å²) in [5.41, 5.74) is 3.45. The zero-order chi connectivity index (χ0) is 13.2. The number of ether oxygens (including phenoxy) is 1. The monoisotopic (exact) mass is 239 g/mol. The van der Waals surface area contributed by atoms with Crippen LogP contribution in [0.2, 0.25) is 0 Å². The van der Waals surface area contributed by atoms with Gasteiger partial charge in [-0.2, -0.15) is 0 Å². The van der Waals surface area contributed by atoms with Gasteiger partial charge >= 0.3 is 0 Å². The zero-order valence-corrected chi connectivity index (χ0v) is 11.2. The summed E-state index contributed by atoms with van der Waals surface area (Å²) in [6, 6.07) is 16.5. The molecule has 0 spiro atoms. The minimum absolute atomic E-state index is 0.0765. The Morgan fingerprint density at radius 2 is 1.67 bits per heavy atom. The summed E-state index contributed by atoms with van der Waals surface area (Å²) in [6.45, 7) is 8.56. The predicted molar refractivity (Wildman–Crippen MR) is 76.0 cm³/mol. The number of hydrogen-bond acceptors (Lipinski definition) is 1. The molecule has 0 heterocycles. The van der Waals surface area contributed by atoms with Crippen molar-refractivity contribution in [2.24, 2.45) is 0 Å². The van der Waals surface area contributed by atoms with E-state index in [0.29, 0.717) is 0 Å². The van der Waals surface area contributed by atoms with Crippen molar-refractivity contribution in [2.75, 3.05) is 7.11 Å². The first kappa shape index (κ1) is 12.7. The van der Waals surface area contributed by atoms with Crippen LogP contribution < -0.4 is 4.74 Å². The van der Waals surface area contributed by atoms with Crippen molar-refractivity contribution >= 4 is 0 Å². The standard InChI is InChI=1S/C17H19O/c1-13-10-11-15(18-4)12-16(13)17(2,3)14-8-6-5-7-9-14/h5-12H,1H2,2-4H3. The van der Waals surface area contributed by atoms with Crippen molar-refractivity contribution in [1.82, 2.24) is 0 Å². The highest BCUT2D eigenvalue weighted by atomic mass is 16.5. The lowest BCUT2D eigenvalue weighted by atomic mass is 9.76. The highest BCUT2D eigenvalue weighted by Gasteiger charge is 2.25. The number of methoxy groups -OCH3 is 1. The SMILES string of the molecule is [CH2]c1ccc(OC)cc1C(C)(C)c1ccccc1. The molecule has 0 bridgehead atoms. The van der Waals surface area contributed by atoms with Crippen LogP contribution in [0.4, 0.5) is 0 Å². The molecule has 0 saturated carbocycles. The smallest absolute Gasteiger partial charge is 0.119 e. The van der Waals surface area contributed by atoms with Gasteiger partial charge < -0.3 is 4.74 Å². The summed E-state index contributed by atoms with van der Waals surface area (Å²) >= 11 is 0. The summed E-state index contributed by atoms with van der Waals surface area (Å²) in [5, 5.41) is 0. The zero-order valence-electron chi connectivity index (χ0n) is 11.2. The summed E-state index contributed by atoms with van der Waals surface area (Å²) in [6.07, 6.45) is 0. The van der Waals surface area contributed by atoms with Gasteiger partial charge in [-0.05, 0) is 35.7 Å². The topological polar surface area (TPSA) is 9.23 Å². The Morgan fingerprint density at radius 1 is 1.00 bits per heavy atom. The summed E-state index contributed by atoms with van der Waals surface area (Å²) in [4.78, 5) is 0. The van der Waals surface area contributed by atoms with Crippen molar-refractivity contribution in [3.63, 3.8) is 0 Å². The van der Waals surface area contributed by atoms with Crippen molar-refractivity contribution in [3.05, 3.63) is 72.1 Å². The molecule has 2 aromatic rings. The second kappa shape index (κ2) is 4.85. The Kier molecular flexibility index (Phi) is 3.42. The van der Waals surface area contributed by atoms with Gasteiger partial charge in [-0.3, -0.25) is 0 Å². The molecule has 0 atom stereocenters. The number of rotatable bonds is 3. The van der Waals surface area contributed by atoms with Gasteiger partial charge in [0.2, 0.25) is 0 Å². The molecule has 0 aliphatic rings. The van der Waals surface area contributed by atoms with Crippen LogP contribution in [0.1, 0.15) is 30.5 Å². The highest BCUT2D eigenvalue weighted by molar-refractivity contribution is 5.46. The maximum Gasteiger partial charge on any atom is 0.119 e. The fourth-order valence-corrected chi connectivity index (χ4v) is 2.27. The number of benzene rings is 2. The second-order valence-electron chi connectivity index (χ2n) is 5.01. The molecule has 2 aromatic carbocycles. The molecule has 0 aromatic heterocycles. The first-order chi connectivity index (χ1) is 8.55. The van der Waals surface area contributed by atoms with Crippen LogP contribution in [0, 0.1) is 6.92 Å². The van der Waals surface area contributed by atoms with Crippen LogP contribution in [0.3, 0.4) is 0 Å². The average Bonchev–Trinajstić information content (AvgIpc) is 2.40. The van der Waals surface area contributed by atoms with E-state index in [-0.39, 0.29) is 5.41 Å². The van der Waals surface area contributed by atoms with Crippen LogP contribution in [-0.4, -0.2) is 7.11 Å². The van der Waals surface area contributed by atoms with Crippen molar-refractivity contribution < 1.29 is 4.74 Å². The molecule has 93 valence electrons. The van der Waals surface area contributed by atoms with Crippen LogP contribution >= 0.6 is 0 Å². The molecule has 0 N–H and O–H groups in total. The van der Waals surface area contributed by atoms with Gasteiger partial charge in [0.15, 0.2) is 0 Å². The van der Waals surface area contributed by atoms with Crippen LogP contribution in [0.5, 0.6) is 5.75 Å². The van der Waals surface area contributed by atoms with Gasteiger partial charge in [0.1, 0.15) is 5.75 Å².